The van der Waals surface area contributed by atoms with Crippen LogP contribution in [0.2, 0.25) is 0 Å². The molecule has 0 amide bonds. The molecule has 0 unspecified atom stereocenters. The van der Waals surface area contributed by atoms with E-state index in [1.54, 1.807) is 18.4 Å². The van der Waals surface area contributed by atoms with Crippen LogP contribution in [0.4, 0.5) is 5.13 Å². The van der Waals surface area contributed by atoms with E-state index in [0.29, 0.717) is 6.61 Å². The van der Waals surface area contributed by atoms with E-state index in [2.05, 4.69) is 37.4 Å². The Morgan fingerprint density at radius 1 is 1.33 bits per heavy atom. The van der Waals surface area contributed by atoms with Crippen LogP contribution in [-0.4, -0.2) is 24.7 Å². The van der Waals surface area contributed by atoms with Gasteiger partial charge in [-0.25, -0.2) is 4.98 Å². The summed E-state index contributed by atoms with van der Waals surface area (Å²) in [4.78, 5) is 6.04. The van der Waals surface area contributed by atoms with E-state index >= 15 is 0 Å². The van der Waals surface area contributed by atoms with Crippen LogP contribution in [0.1, 0.15) is 29.3 Å². The van der Waals surface area contributed by atoms with E-state index in [4.69, 9.17) is 9.72 Å². The minimum atomic E-state index is 0.272. The van der Waals surface area contributed by atoms with Crippen molar-refractivity contribution >= 4 is 16.5 Å². The molecule has 2 aromatic rings. The molecule has 0 saturated carbocycles. The highest BCUT2D eigenvalue weighted by atomic mass is 32.1. The maximum atomic E-state index is 5.16. The van der Waals surface area contributed by atoms with E-state index < -0.39 is 0 Å². The molecule has 3 rings (SSSR count). The average Bonchev–Trinajstić information content (AvgIpc) is 3.04. The monoisotopic (exact) mass is 302 g/mol. The lowest BCUT2D eigenvalue weighted by Crippen LogP contribution is -2.20. The highest BCUT2D eigenvalue weighted by Crippen LogP contribution is 2.33. The lowest BCUT2D eigenvalue weighted by atomic mass is 10.0. The molecule has 1 aliphatic rings. The summed E-state index contributed by atoms with van der Waals surface area (Å²) in [6, 6.07) is 7.09. The van der Waals surface area contributed by atoms with Crippen molar-refractivity contribution in [2.24, 2.45) is 0 Å². The quantitative estimate of drug-likeness (QED) is 0.904. The zero-order valence-electron chi connectivity index (χ0n) is 12.9. The smallest absolute Gasteiger partial charge is 0.183 e. The van der Waals surface area contributed by atoms with E-state index in [1.807, 2.05) is 0 Å². The van der Waals surface area contributed by atoms with Crippen LogP contribution in [0, 0.1) is 6.92 Å². The predicted octanol–water partition coefficient (Wildman–Crippen LogP) is 4.05. The molecule has 1 aromatic heterocycles. The van der Waals surface area contributed by atoms with E-state index in [9.17, 15) is 0 Å². The Labute approximate surface area is 130 Å². The molecule has 4 heteroatoms. The Kier molecular flexibility index (Phi) is 4.27. The van der Waals surface area contributed by atoms with Gasteiger partial charge in [0.1, 0.15) is 0 Å². The number of aromatic nitrogens is 1. The van der Waals surface area contributed by atoms with Crippen molar-refractivity contribution < 1.29 is 4.74 Å². The second-order valence-electron chi connectivity index (χ2n) is 5.76. The van der Waals surface area contributed by atoms with E-state index in [0.717, 1.165) is 10.8 Å². The summed E-state index contributed by atoms with van der Waals surface area (Å²) < 4.78 is 5.16. The molecule has 1 heterocycles. The van der Waals surface area contributed by atoms with Gasteiger partial charge in [-0.3, -0.25) is 0 Å². The van der Waals surface area contributed by atoms with Gasteiger partial charge in [0.05, 0.1) is 12.3 Å². The van der Waals surface area contributed by atoms with Gasteiger partial charge in [-0.05, 0) is 50.3 Å². The highest BCUT2D eigenvalue weighted by molar-refractivity contribution is 7.16. The van der Waals surface area contributed by atoms with Crippen molar-refractivity contribution in [2.75, 3.05) is 19.0 Å². The van der Waals surface area contributed by atoms with Gasteiger partial charge in [0, 0.05) is 23.6 Å². The van der Waals surface area contributed by atoms with Crippen molar-refractivity contribution in [2.45, 2.75) is 39.2 Å². The molecular weight excluding hydrogens is 280 g/mol. The number of thiazole rings is 1. The molecule has 0 aliphatic heterocycles. The molecule has 1 atom stereocenters. The molecule has 0 fully saturated rings. The zero-order chi connectivity index (χ0) is 14.8. The fourth-order valence-corrected chi connectivity index (χ4v) is 3.89. The van der Waals surface area contributed by atoms with E-state index in [1.165, 1.54) is 40.8 Å². The zero-order valence-corrected chi connectivity index (χ0v) is 13.7. The predicted molar refractivity (Wildman–Crippen MR) is 89.3 cm³/mol. The van der Waals surface area contributed by atoms with Crippen LogP contribution in [0.5, 0.6) is 0 Å². The number of ether oxygens (including phenoxy) is 1. The fourth-order valence-electron chi connectivity index (χ4n) is 2.95. The van der Waals surface area contributed by atoms with Crippen LogP contribution in [0.25, 0.3) is 11.3 Å². The molecular formula is C17H22N2OS. The minimum absolute atomic E-state index is 0.272. The molecule has 0 spiro atoms. The number of anilines is 1. The molecule has 0 bridgehead atoms. The first-order valence-corrected chi connectivity index (χ1v) is 8.34. The van der Waals surface area contributed by atoms with Gasteiger partial charge < -0.3 is 10.1 Å². The standard InChI is InChI=1S/C17H22N2OS/c1-11(10-20-3)18-17-19-16(12(2)21-17)15-8-7-13-5-4-6-14(13)9-15/h7-9,11H,4-6,10H2,1-3H3,(H,18,19)/t11-/m0/s1. The summed E-state index contributed by atoms with van der Waals surface area (Å²) in [7, 11) is 1.72. The maximum absolute atomic E-state index is 5.16. The van der Waals surface area contributed by atoms with Gasteiger partial charge in [-0.15, -0.1) is 11.3 Å². The Balaban J connectivity index is 1.84. The number of fused-ring (bicyclic) bond motifs is 1. The third-order valence-corrected chi connectivity index (χ3v) is 4.86. The third kappa shape index (κ3) is 3.11. The Hall–Kier alpha value is -1.39. The second-order valence-corrected chi connectivity index (χ2v) is 6.96. The van der Waals surface area contributed by atoms with Gasteiger partial charge in [-0.2, -0.15) is 0 Å². The number of nitrogens with one attached hydrogen (secondary N) is 1. The van der Waals surface area contributed by atoms with Gasteiger partial charge in [-0.1, -0.05) is 12.1 Å². The number of hydrogen-bond donors (Lipinski definition) is 1. The largest absolute Gasteiger partial charge is 0.383 e. The number of aryl methyl sites for hydroxylation is 3. The molecule has 0 saturated heterocycles. The minimum Gasteiger partial charge on any atom is -0.383 e. The molecule has 1 aromatic carbocycles. The van der Waals surface area contributed by atoms with Gasteiger partial charge >= 0.3 is 0 Å². The van der Waals surface area contributed by atoms with Crippen molar-refractivity contribution in [3.63, 3.8) is 0 Å². The average molecular weight is 302 g/mol. The summed E-state index contributed by atoms with van der Waals surface area (Å²) in [5.41, 5.74) is 5.37. The SMILES string of the molecule is COC[C@H](C)Nc1nc(-c2ccc3c(c2)CCC3)c(C)s1. The van der Waals surface area contributed by atoms with Crippen LogP contribution in [0.3, 0.4) is 0 Å². The lowest BCUT2D eigenvalue weighted by Gasteiger charge is -2.10. The first-order chi connectivity index (χ1) is 10.2. The summed E-state index contributed by atoms with van der Waals surface area (Å²) in [5, 5.41) is 4.39. The summed E-state index contributed by atoms with van der Waals surface area (Å²) in [6.45, 7) is 4.94. The number of methoxy groups -OCH3 is 1. The maximum Gasteiger partial charge on any atom is 0.183 e. The third-order valence-electron chi connectivity index (χ3n) is 3.96. The summed E-state index contributed by atoms with van der Waals surface area (Å²) in [6.07, 6.45) is 3.73. The van der Waals surface area contributed by atoms with Gasteiger partial charge in [0.25, 0.3) is 0 Å². The number of rotatable bonds is 5. The number of benzene rings is 1. The van der Waals surface area contributed by atoms with Crippen molar-refractivity contribution in [3.05, 3.63) is 34.2 Å². The van der Waals surface area contributed by atoms with Crippen LogP contribution in [-0.2, 0) is 17.6 Å². The topological polar surface area (TPSA) is 34.1 Å². The fraction of sp³-hybridized carbons (Fsp3) is 0.471. The Morgan fingerprint density at radius 3 is 2.95 bits per heavy atom. The lowest BCUT2D eigenvalue weighted by molar-refractivity contribution is 0.190. The van der Waals surface area contributed by atoms with Crippen molar-refractivity contribution in [1.82, 2.24) is 4.98 Å². The van der Waals surface area contributed by atoms with Crippen molar-refractivity contribution in [1.29, 1.82) is 0 Å². The number of hydrogen-bond acceptors (Lipinski definition) is 4. The second kappa shape index (κ2) is 6.16. The summed E-state index contributed by atoms with van der Waals surface area (Å²) in [5.74, 6) is 0. The molecule has 21 heavy (non-hydrogen) atoms. The van der Waals surface area contributed by atoms with Crippen molar-refractivity contribution in [3.8, 4) is 11.3 Å². The molecule has 0 radical (unpaired) electrons. The highest BCUT2D eigenvalue weighted by Gasteiger charge is 2.15. The normalized spacial score (nSPS) is 15.0. The van der Waals surface area contributed by atoms with Crippen LogP contribution < -0.4 is 5.32 Å². The molecule has 1 aliphatic carbocycles. The molecule has 3 nitrogen and oxygen atoms in total. The van der Waals surface area contributed by atoms with E-state index in [-0.39, 0.29) is 6.04 Å². The first kappa shape index (κ1) is 14.5. The van der Waals surface area contributed by atoms with Crippen LogP contribution >= 0.6 is 11.3 Å². The molecule has 112 valence electrons. The summed E-state index contributed by atoms with van der Waals surface area (Å²) >= 11 is 1.72. The van der Waals surface area contributed by atoms with Gasteiger partial charge in [0.2, 0.25) is 0 Å². The Morgan fingerprint density at radius 2 is 2.14 bits per heavy atom. The first-order valence-electron chi connectivity index (χ1n) is 7.52. The number of nitrogens with zero attached hydrogens (tertiary/aromatic N) is 1. The van der Waals surface area contributed by atoms with Gasteiger partial charge in [0.15, 0.2) is 5.13 Å². The molecule has 1 N–H and O–H groups in total. The Bertz CT molecular complexity index is 636. The van der Waals surface area contributed by atoms with Crippen LogP contribution in [0.15, 0.2) is 18.2 Å².